The van der Waals surface area contributed by atoms with Crippen molar-refractivity contribution in [1.82, 2.24) is 9.88 Å². The molecule has 1 unspecified atom stereocenters. The van der Waals surface area contributed by atoms with Crippen molar-refractivity contribution >= 4 is 5.97 Å². The zero-order chi connectivity index (χ0) is 29.4. The second-order valence-corrected chi connectivity index (χ2v) is 12.0. The highest BCUT2D eigenvalue weighted by atomic mass is 19.1. The minimum Gasteiger partial charge on any atom is -0.485 e. The number of rotatable bonds is 10. The van der Waals surface area contributed by atoms with Crippen LogP contribution >= 0.6 is 0 Å². The monoisotopic (exact) mass is 574 g/mol. The van der Waals surface area contributed by atoms with E-state index < -0.39 is 17.7 Å². The van der Waals surface area contributed by atoms with Gasteiger partial charge in [-0.05, 0) is 77.8 Å². The van der Waals surface area contributed by atoms with Crippen LogP contribution in [0.25, 0.3) is 11.1 Å². The number of pyridine rings is 1. The summed E-state index contributed by atoms with van der Waals surface area (Å²) in [5.41, 5.74) is 5.54. The molecule has 1 saturated heterocycles. The zero-order valence-electron chi connectivity index (χ0n) is 24.5. The number of aromatic nitrogens is 1. The summed E-state index contributed by atoms with van der Waals surface area (Å²) in [5.74, 6) is 0.0223. The lowest BCUT2D eigenvalue weighted by molar-refractivity contribution is -0.142. The van der Waals surface area contributed by atoms with Gasteiger partial charge in [-0.3, -0.25) is 9.69 Å². The Labute approximate surface area is 246 Å². The van der Waals surface area contributed by atoms with E-state index in [1.807, 2.05) is 19.1 Å². The topological polar surface area (TPSA) is 81.1 Å². The van der Waals surface area contributed by atoms with Crippen molar-refractivity contribution in [1.29, 1.82) is 0 Å². The zero-order valence-corrected chi connectivity index (χ0v) is 24.5. The number of carboxylic acids is 1. The first-order valence-electron chi connectivity index (χ1n) is 14.9. The summed E-state index contributed by atoms with van der Waals surface area (Å²) in [6.07, 6.45) is 6.07. The Morgan fingerprint density at radius 3 is 2.67 bits per heavy atom. The minimum atomic E-state index is -0.755. The van der Waals surface area contributed by atoms with E-state index in [-0.39, 0.29) is 18.1 Å². The molecule has 6 rings (SSSR count). The number of hydrogen-bond acceptors (Lipinski definition) is 6. The van der Waals surface area contributed by atoms with Crippen molar-refractivity contribution in [3.8, 4) is 22.8 Å². The van der Waals surface area contributed by atoms with Gasteiger partial charge in [0.2, 0.25) is 5.88 Å². The summed E-state index contributed by atoms with van der Waals surface area (Å²) in [6, 6.07) is 14.1. The molecule has 8 heteroatoms. The molecule has 7 nitrogen and oxygen atoms in total. The van der Waals surface area contributed by atoms with Gasteiger partial charge in [-0.1, -0.05) is 37.3 Å². The summed E-state index contributed by atoms with van der Waals surface area (Å²) >= 11 is 0. The molecule has 3 aromatic rings. The van der Waals surface area contributed by atoms with Crippen LogP contribution in [0.4, 0.5) is 4.39 Å². The van der Waals surface area contributed by atoms with Crippen LogP contribution in [-0.2, 0) is 22.5 Å². The molecule has 1 aromatic heterocycles. The van der Waals surface area contributed by atoms with Crippen molar-refractivity contribution in [2.45, 2.75) is 63.7 Å². The fourth-order valence-electron chi connectivity index (χ4n) is 6.73. The molecule has 0 spiro atoms. The van der Waals surface area contributed by atoms with Crippen molar-refractivity contribution in [2.75, 3.05) is 27.3 Å². The molecular formula is C34H39FN2O5. The predicted molar refractivity (Wildman–Crippen MR) is 157 cm³/mol. The number of halogens is 1. The Kier molecular flexibility index (Phi) is 8.19. The van der Waals surface area contributed by atoms with Gasteiger partial charge < -0.3 is 19.3 Å². The van der Waals surface area contributed by atoms with Crippen molar-refractivity contribution in [3.63, 3.8) is 0 Å². The summed E-state index contributed by atoms with van der Waals surface area (Å²) in [4.78, 5) is 18.2. The van der Waals surface area contributed by atoms with Gasteiger partial charge in [0, 0.05) is 38.4 Å². The largest absolute Gasteiger partial charge is 0.485 e. The number of nitrogens with zero attached hydrogens (tertiary/aromatic N) is 2. The molecule has 2 aromatic carbocycles. The number of fused-ring (bicyclic) bond motifs is 1. The summed E-state index contributed by atoms with van der Waals surface area (Å²) < 4.78 is 32.6. The Bertz CT molecular complexity index is 1460. The van der Waals surface area contributed by atoms with Gasteiger partial charge in [-0.2, -0.15) is 0 Å². The first-order chi connectivity index (χ1) is 20.3. The van der Waals surface area contributed by atoms with E-state index >= 15 is 4.39 Å². The number of benzene rings is 2. The molecule has 222 valence electrons. The molecule has 0 bridgehead atoms. The van der Waals surface area contributed by atoms with Crippen LogP contribution in [0.1, 0.15) is 66.9 Å². The second kappa shape index (κ2) is 12.0. The van der Waals surface area contributed by atoms with Crippen LogP contribution in [0.15, 0.2) is 48.7 Å². The molecule has 4 atom stereocenters. The summed E-state index contributed by atoms with van der Waals surface area (Å²) in [7, 11) is 3.28. The van der Waals surface area contributed by atoms with Crippen LogP contribution in [0.3, 0.4) is 0 Å². The van der Waals surface area contributed by atoms with Crippen molar-refractivity contribution < 1.29 is 28.5 Å². The molecule has 3 aliphatic rings. The van der Waals surface area contributed by atoms with E-state index in [2.05, 4.69) is 34.1 Å². The molecule has 0 amide bonds. The van der Waals surface area contributed by atoms with Gasteiger partial charge in [-0.25, -0.2) is 9.37 Å². The maximum Gasteiger partial charge on any atom is 0.306 e. The molecule has 0 radical (unpaired) electrons. The maximum absolute atomic E-state index is 15.1. The van der Waals surface area contributed by atoms with E-state index in [1.165, 1.54) is 13.3 Å². The van der Waals surface area contributed by atoms with E-state index in [9.17, 15) is 9.90 Å². The van der Waals surface area contributed by atoms with E-state index in [0.717, 1.165) is 78.8 Å². The molecule has 3 heterocycles. The highest BCUT2D eigenvalue weighted by Gasteiger charge is 2.39. The number of carbonyl (C=O) groups is 1. The number of ether oxygens (including phenoxy) is 3. The van der Waals surface area contributed by atoms with Gasteiger partial charge in [0.1, 0.15) is 17.7 Å². The van der Waals surface area contributed by atoms with Gasteiger partial charge in [-0.15, -0.1) is 0 Å². The molecular weight excluding hydrogens is 535 g/mol. The summed E-state index contributed by atoms with van der Waals surface area (Å²) in [6.45, 7) is 4.22. The SMILES string of the molecule is COc1cc(-c2ccc(C3CCc4ccc([C@H](C5CC5)[C@H](C)C(=O)O)cc4O3)cc2CN2CC[C@@H](OC)C2)c(F)cn1. The van der Waals surface area contributed by atoms with Gasteiger partial charge in [0.25, 0.3) is 0 Å². The van der Waals surface area contributed by atoms with E-state index in [0.29, 0.717) is 23.9 Å². The molecule has 2 aliphatic heterocycles. The molecule has 1 saturated carbocycles. The molecule has 42 heavy (non-hydrogen) atoms. The predicted octanol–water partition coefficient (Wildman–Crippen LogP) is 6.40. The van der Waals surface area contributed by atoms with Crippen LogP contribution in [0.5, 0.6) is 11.6 Å². The highest BCUT2D eigenvalue weighted by Crippen LogP contribution is 2.48. The third-order valence-corrected chi connectivity index (χ3v) is 9.27. The van der Waals surface area contributed by atoms with Crippen molar-refractivity contribution in [2.24, 2.45) is 11.8 Å². The van der Waals surface area contributed by atoms with Crippen LogP contribution < -0.4 is 9.47 Å². The number of aliphatic carboxylic acids is 1. The lowest BCUT2D eigenvalue weighted by Crippen LogP contribution is -2.23. The minimum absolute atomic E-state index is 0.00806. The number of likely N-dealkylation sites (tertiary alicyclic amines) is 1. The van der Waals surface area contributed by atoms with Gasteiger partial charge >= 0.3 is 5.97 Å². The lowest BCUT2D eigenvalue weighted by Gasteiger charge is -2.29. The average Bonchev–Trinajstić information content (AvgIpc) is 3.73. The van der Waals surface area contributed by atoms with E-state index in [1.54, 1.807) is 13.2 Å². The first kappa shape index (κ1) is 28.6. The number of aryl methyl sites for hydroxylation is 1. The average molecular weight is 575 g/mol. The first-order valence-corrected chi connectivity index (χ1v) is 14.9. The van der Waals surface area contributed by atoms with E-state index in [4.69, 9.17) is 14.2 Å². The highest BCUT2D eigenvalue weighted by molar-refractivity contribution is 5.71. The third-order valence-electron chi connectivity index (χ3n) is 9.27. The Morgan fingerprint density at radius 1 is 1.12 bits per heavy atom. The van der Waals surface area contributed by atoms with Crippen molar-refractivity contribution in [3.05, 3.63) is 76.7 Å². The molecule has 2 fully saturated rings. The maximum atomic E-state index is 15.1. The fraction of sp³-hybridized carbons (Fsp3) is 0.471. The van der Waals surface area contributed by atoms with Gasteiger partial charge in [0.05, 0.1) is 25.3 Å². The van der Waals surface area contributed by atoms with Gasteiger partial charge in [0.15, 0.2) is 0 Å². The Balaban J connectivity index is 1.31. The lowest BCUT2D eigenvalue weighted by atomic mass is 9.82. The van der Waals surface area contributed by atoms with Crippen LogP contribution in [-0.4, -0.2) is 54.4 Å². The summed E-state index contributed by atoms with van der Waals surface area (Å²) in [5, 5.41) is 9.75. The normalized spacial score (nSPS) is 21.8. The van der Waals surface area contributed by atoms with Crippen LogP contribution in [0, 0.1) is 17.7 Å². The Morgan fingerprint density at radius 2 is 1.95 bits per heavy atom. The number of hydrogen-bond donors (Lipinski definition) is 1. The Hall–Kier alpha value is -3.49. The quantitative estimate of drug-likeness (QED) is 0.300. The number of methoxy groups -OCH3 is 2. The number of carboxylic acid groups (broad SMARTS) is 1. The van der Waals surface area contributed by atoms with Crippen LogP contribution in [0.2, 0.25) is 0 Å². The third kappa shape index (κ3) is 5.88. The molecule has 1 aliphatic carbocycles. The smallest absolute Gasteiger partial charge is 0.306 e. The fourth-order valence-corrected chi connectivity index (χ4v) is 6.73. The molecule has 1 N–H and O–H groups in total. The standard InChI is InChI=1S/C34H39FN2O5/c1-20(34(38)39)33(22-5-6-22)24-7-4-21-9-11-30(42-31(21)15-24)23-8-10-27(28-16-32(41-3)36-17-29(28)35)25(14-23)18-37-13-12-26(19-37)40-2/h4,7-8,10,14-17,20,22,26,30,33H,5-6,9,11-13,18-19H2,1-3H3,(H,38,39)/t20-,26+,30?,33-/m0/s1. The second-order valence-electron chi connectivity index (χ2n) is 12.0.